The normalized spacial score (nSPS) is 15.9. The van der Waals surface area contributed by atoms with Gasteiger partial charge in [-0.2, -0.15) is 0 Å². The molecule has 0 radical (unpaired) electrons. The Balaban J connectivity index is 2.17. The number of allylic oxidation sites excluding steroid dienone is 1. The number of benzene rings is 1. The third-order valence-electron chi connectivity index (χ3n) is 4.80. The van der Waals surface area contributed by atoms with Gasteiger partial charge in [0.25, 0.3) is 0 Å². The maximum absolute atomic E-state index is 12.6. The number of anilines is 1. The van der Waals surface area contributed by atoms with E-state index < -0.39 is 18.0 Å². The number of nitrogens with one attached hydrogen (secondary N) is 2. The monoisotopic (exact) mass is 431 g/mol. The van der Waals surface area contributed by atoms with Crippen molar-refractivity contribution in [3.8, 4) is 0 Å². The topological polar surface area (TPSA) is 114 Å². The molecular formula is C22H29N3O6. The predicted octanol–water partition coefficient (Wildman–Crippen LogP) is 2.89. The fraction of sp³-hybridized carbons (Fsp3) is 0.455. The number of carbonyl (C=O) groups is 4. The zero-order valence-corrected chi connectivity index (χ0v) is 18.3. The summed E-state index contributed by atoms with van der Waals surface area (Å²) in [5, 5.41) is 5.56. The van der Waals surface area contributed by atoms with Crippen molar-refractivity contribution in [1.82, 2.24) is 10.2 Å². The van der Waals surface area contributed by atoms with Crippen LogP contribution < -0.4 is 10.6 Å². The Hall–Kier alpha value is -3.36. The van der Waals surface area contributed by atoms with E-state index in [1.165, 1.54) is 4.90 Å². The number of hydrogen-bond acceptors (Lipinski definition) is 6. The third-order valence-corrected chi connectivity index (χ3v) is 4.80. The highest BCUT2D eigenvalue weighted by molar-refractivity contribution is 5.95. The number of carbonyl (C=O) groups excluding carboxylic acids is 4. The van der Waals surface area contributed by atoms with Crippen molar-refractivity contribution in [2.75, 3.05) is 25.1 Å². The van der Waals surface area contributed by atoms with Gasteiger partial charge >= 0.3 is 18.0 Å². The molecule has 168 valence electrons. The fourth-order valence-corrected chi connectivity index (χ4v) is 3.32. The first-order valence-corrected chi connectivity index (χ1v) is 10.3. The lowest BCUT2D eigenvalue weighted by Crippen LogP contribution is -2.47. The number of rotatable bonds is 9. The molecule has 9 nitrogen and oxygen atoms in total. The van der Waals surface area contributed by atoms with Gasteiger partial charge in [-0.1, -0.05) is 12.1 Å². The van der Waals surface area contributed by atoms with Gasteiger partial charge < -0.3 is 20.1 Å². The summed E-state index contributed by atoms with van der Waals surface area (Å²) in [6.07, 6.45) is 0.0216. The molecule has 1 aromatic carbocycles. The molecule has 1 aromatic rings. The SMILES string of the molecule is CCOC(=O)CCC(=O)Nc1ccc(C2NC(=O)N(CC)C(C)=C2C(=O)OCC)cc1. The Morgan fingerprint density at radius 3 is 2.26 bits per heavy atom. The molecule has 0 aromatic heterocycles. The summed E-state index contributed by atoms with van der Waals surface area (Å²) in [7, 11) is 0. The Labute approximate surface area is 181 Å². The van der Waals surface area contributed by atoms with Crippen molar-refractivity contribution in [3.05, 3.63) is 41.1 Å². The first-order chi connectivity index (χ1) is 14.8. The summed E-state index contributed by atoms with van der Waals surface area (Å²) in [4.78, 5) is 49.9. The molecular weight excluding hydrogens is 402 g/mol. The molecule has 1 atom stereocenters. The largest absolute Gasteiger partial charge is 0.466 e. The van der Waals surface area contributed by atoms with Crippen LogP contribution in [0.3, 0.4) is 0 Å². The Bertz CT molecular complexity index is 863. The molecule has 2 N–H and O–H groups in total. The van der Waals surface area contributed by atoms with Crippen molar-refractivity contribution >= 4 is 29.6 Å². The smallest absolute Gasteiger partial charge is 0.338 e. The Morgan fingerprint density at radius 1 is 1.03 bits per heavy atom. The molecule has 2 rings (SSSR count). The zero-order valence-electron chi connectivity index (χ0n) is 18.3. The Kier molecular flexibility index (Phi) is 8.60. The van der Waals surface area contributed by atoms with Crippen molar-refractivity contribution < 1.29 is 28.7 Å². The van der Waals surface area contributed by atoms with E-state index in [-0.39, 0.29) is 38.0 Å². The summed E-state index contributed by atoms with van der Waals surface area (Å²) in [5.41, 5.74) is 2.13. The van der Waals surface area contributed by atoms with Crippen LogP contribution >= 0.6 is 0 Å². The summed E-state index contributed by atoms with van der Waals surface area (Å²) >= 11 is 0. The number of ether oxygens (including phenoxy) is 2. The average Bonchev–Trinajstić information content (AvgIpc) is 2.73. The molecule has 31 heavy (non-hydrogen) atoms. The van der Waals surface area contributed by atoms with Gasteiger partial charge in [0.15, 0.2) is 0 Å². The molecule has 0 saturated heterocycles. The van der Waals surface area contributed by atoms with E-state index in [0.29, 0.717) is 29.1 Å². The lowest BCUT2D eigenvalue weighted by molar-refractivity contribution is -0.144. The maximum atomic E-state index is 12.6. The molecule has 3 amide bonds. The number of hydrogen-bond donors (Lipinski definition) is 2. The van der Waals surface area contributed by atoms with Crippen LogP contribution in [0.15, 0.2) is 35.5 Å². The summed E-state index contributed by atoms with van der Waals surface area (Å²) in [5.74, 6) is -1.22. The Morgan fingerprint density at radius 2 is 1.68 bits per heavy atom. The van der Waals surface area contributed by atoms with E-state index in [1.54, 1.807) is 45.0 Å². The van der Waals surface area contributed by atoms with E-state index in [4.69, 9.17) is 9.47 Å². The second-order valence-electron chi connectivity index (χ2n) is 6.82. The molecule has 1 heterocycles. The molecule has 1 aliphatic rings. The molecule has 1 unspecified atom stereocenters. The summed E-state index contributed by atoms with van der Waals surface area (Å²) in [6, 6.07) is 5.83. The minimum atomic E-state index is -0.664. The maximum Gasteiger partial charge on any atom is 0.338 e. The van der Waals surface area contributed by atoms with Crippen molar-refractivity contribution in [1.29, 1.82) is 0 Å². The molecule has 1 aliphatic heterocycles. The molecule has 9 heteroatoms. The van der Waals surface area contributed by atoms with Crippen LogP contribution in [0.2, 0.25) is 0 Å². The molecule has 0 bridgehead atoms. The van der Waals surface area contributed by atoms with Gasteiger partial charge in [0.2, 0.25) is 5.91 Å². The number of urea groups is 1. The van der Waals surface area contributed by atoms with Crippen LogP contribution in [0.5, 0.6) is 0 Å². The van der Waals surface area contributed by atoms with Crippen LogP contribution in [0, 0.1) is 0 Å². The third kappa shape index (κ3) is 6.07. The van der Waals surface area contributed by atoms with Gasteiger partial charge in [-0.25, -0.2) is 9.59 Å². The quantitative estimate of drug-likeness (QED) is 0.581. The molecule has 0 aliphatic carbocycles. The van der Waals surface area contributed by atoms with Gasteiger partial charge in [-0.05, 0) is 45.4 Å². The van der Waals surface area contributed by atoms with Crippen molar-refractivity contribution in [3.63, 3.8) is 0 Å². The highest BCUT2D eigenvalue weighted by Gasteiger charge is 2.35. The van der Waals surface area contributed by atoms with Gasteiger partial charge in [-0.3, -0.25) is 14.5 Å². The fourth-order valence-electron chi connectivity index (χ4n) is 3.32. The highest BCUT2D eigenvalue weighted by Crippen LogP contribution is 2.31. The minimum absolute atomic E-state index is 0.00671. The summed E-state index contributed by atoms with van der Waals surface area (Å²) in [6.45, 7) is 7.89. The van der Waals surface area contributed by atoms with E-state index in [0.717, 1.165) is 0 Å². The standard InChI is InChI=1S/C22H29N3O6/c1-5-25-14(4)19(21(28)31-7-3)20(24-22(25)29)15-8-10-16(11-9-15)23-17(26)12-13-18(27)30-6-2/h8-11,20H,5-7,12-13H2,1-4H3,(H,23,26)(H,24,29). The van der Waals surface area contributed by atoms with Gasteiger partial charge in [0.1, 0.15) is 0 Å². The van der Waals surface area contributed by atoms with Crippen molar-refractivity contribution in [2.24, 2.45) is 0 Å². The predicted molar refractivity (Wildman–Crippen MR) is 114 cm³/mol. The van der Waals surface area contributed by atoms with Crippen molar-refractivity contribution in [2.45, 2.75) is 46.6 Å². The summed E-state index contributed by atoms with van der Waals surface area (Å²) < 4.78 is 10.0. The zero-order chi connectivity index (χ0) is 23.0. The number of esters is 2. The lowest BCUT2D eigenvalue weighted by atomic mass is 9.94. The first kappa shape index (κ1) is 23.9. The number of amides is 3. The second kappa shape index (κ2) is 11.1. The second-order valence-corrected chi connectivity index (χ2v) is 6.82. The first-order valence-electron chi connectivity index (χ1n) is 10.3. The molecule has 0 spiro atoms. The lowest BCUT2D eigenvalue weighted by Gasteiger charge is -2.34. The molecule has 0 saturated carbocycles. The van der Waals surface area contributed by atoms with Crippen LogP contribution in [-0.2, 0) is 23.9 Å². The van der Waals surface area contributed by atoms with Gasteiger partial charge in [0, 0.05) is 24.4 Å². The van der Waals surface area contributed by atoms with E-state index in [9.17, 15) is 19.2 Å². The van der Waals surface area contributed by atoms with Gasteiger partial charge in [-0.15, -0.1) is 0 Å². The van der Waals surface area contributed by atoms with Crippen LogP contribution in [0.4, 0.5) is 10.5 Å². The van der Waals surface area contributed by atoms with Crippen LogP contribution in [-0.4, -0.2) is 48.5 Å². The van der Waals surface area contributed by atoms with E-state index in [2.05, 4.69) is 10.6 Å². The van der Waals surface area contributed by atoms with E-state index >= 15 is 0 Å². The highest BCUT2D eigenvalue weighted by atomic mass is 16.5. The van der Waals surface area contributed by atoms with Gasteiger partial charge in [0.05, 0.1) is 31.2 Å². The average molecular weight is 431 g/mol. The minimum Gasteiger partial charge on any atom is -0.466 e. The number of nitrogens with zero attached hydrogens (tertiary/aromatic N) is 1. The van der Waals surface area contributed by atoms with Crippen LogP contribution in [0.1, 0.15) is 52.1 Å². The van der Waals surface area contributed by atoms with Crippen LogP contribution in [0.25, 0.3) is 0 Å². The van der Waals surface area contributed by atoms with E-state index in [1.807, 2.05) is 6.92 Å². The molecule has 0 fully saturated rings.